The molecule has 0 fully saturated rings. The summed E-state index contributed by atoms with van der Waals surface area (Å²) in [7, 11) is 0. The normalized spacial score (nSPS) is 10.9. The lowest BCUT2D eigenvalue weighted by molar-refractivity contribution is -0.112. The van der Waals surface area contributed by atoms with Gasteiger partial charge in [0.1, 0.15) is 24.0 Å². The number of ether oxygens (including phenoxy) is 1. The van der Waals surface area contributed by atoms with E-state index >= 15 is 0 Å². The molecule has 3 rings (SSSR count). The van der Waals surface area contributed by atoms with Crippen LogP contribution in [0.15, 0.2) is 76.8 Å². The number of amides is 1. The van der Waals surface area contributed by atoms with Crippen LogP contribution >= 0.6 is 39.1 Å². The van der Waals surface area contributed by atoms with Crippen LogP contribution in [0.1, 0.15) is 11.1 Å². The average molecular weight is 502 g/mol. The smallest absolute Gasteiger partial charge is 0.266 e. The molecule has 0 heterocycles. The minimum Gasteiger partial charge on any atom is -0.487 e. The molecule has 0 spiro atoms. The van der Waals surface area contributed by atoms with Crippen molar-refractivity contribution in [2.75, 3.05) is 5.32 Å². The molecule has 0 saturated carbocycles. The molecule has 3 aromatic rings. The quantitative estimate of drug-likeness (QED) is 0.295. The van der Waals surface area contributed by atoms with E-state index in [4.69, 9.17) is 27.9 Å². The van der Waals surface area contributed by atoms with Crippen molar-refractivity contribution >= 4 is 56.8 Å². The molecule has 4 nitrogen and oxygen atoms in total. The van der Waals surface area contributed by atoms with Gasteiger partial charge < -0.3 is 10.1 Å². The fraction of sp³-hybridized carbons (Fsp3) is 0.0435. The van der Waals surface area contributed by atoms with Crippen molar-refractivity contribution in [1.82, 2.24) is 0 Å². The molecular formula is C23H15BrCl2N2O2. The van der Waals surface area contributed by atoms with E-state index in [9.17, 15) is 10.1 Å². The number of nitriles is 1. The van der Waals surface area contributed by atoms with Crippen molar-refractivity contribution in [3.63, 3.8) is 0 Å². The molecule has 0 atom stereocenters. The molecule has 7 heteroatoms. The van der Waals surface area contributed by atoms with Crippen molar-refractivity contribution in [3.05, 3.63) is 97.9 Å². The second-order valence-corrected chi connectivity index (χ2v) is 7.90. The van der Waals surface area contributed by atoms with Crippen LogP contribution in [0.5, 0.6) is 5.75 Å². The second kappa shape index (κ2) is 10.3. The highest BCUT2D eigenvalue weighted by atomic mass is 79.9. The summed E-state index contributed by atoms with van der Waals surface area (Å²) in [5.74, 6) is -0.0149. The van der Waals surface area contributed by atoms with Crippen molar-refractivity contribution in [2.45, 2.75) is 6.61 Å². The van der Waals surface area contributed by atoms with Gasteiger partial charge in [-0.1, -0.05) is 63.4 Å². The Kier molecular flexibility index (Phi) is 7.53. The van der Waals surface area contributed by atoms with E-state index in [2.05, 4.69) is 21.2 Å². The fourth-order valence-electron chi connectivity index (χ4n) is 2.54. The fourth-order valence-corrected chi connectivity index (χ4v) is 3.31. The summed E-state index contributed by atoms with van der Waals surface area (Å²) in [5.41, 5.74) is 2.08. The molecule has 0 aromatic heterocycles. The second-order valence-electron chi connectivity index (χ2n) is 6.20. The molecule has 0 aliphatic rings. The van der Waals surface area contributed by atoms with E-state index in [0.717, 1.165) is 10.0 Å². The summed E-state index contributed by atoms with van der Waals surface area (Å²) in [5, 5.41) is 13.0. The Morgan fingerprint density at radius 1 is 1.10 bits per heavy atom. The minimum absolute atomic E-state index is 0.0529. The molecule has 0 unspecified atom stereocenters. The van der Waals surface area contributed by atoms with Gasteiger partial charge in [0.15, 0.2) is 0 Å². The SMILES string of the molecule is N#C/C(=C\c1ccc(OCc2ccccc2Br)c(Cl)c1)C(=O)Nc1ccc(Cl)cc1. The van der Waals surface area contributed by atoms with Crippen LogP contribution in [0, 0.1) is 11.3 Å². The summed E-state index contributed by atoms with van der Waals surface area (Å²) in [6.07, 6.45) is 1.47. The number of hydrogen-bond donors (Lipinski definition) is 1. The predicted octanol–water partition coefficient (Wildman–Crippen LogP) is 6.88. The van der Waals surface area contributed by atoms with Gasteiger partial charge in [-0.3, -0.25) is 4.79 Å². The molecule has 1 N–H and O–H groups in total. The summed E-state index contributed by atoms with van der Waals surface area (Å²) < 4.78 is 6.74. The lowest BCUT2D eigenvalue weighted by Crippen LogP contribution is -2.13. The predicted molar refractivity (Wildman–Crippen MR) is 124 cm³/mol. The third-order valence-electron chi connectivity index (χ3n) is 4.08. The first-order valence-corrected chi connectivity index (χ1v) is 10.4. The minimum atomic E-state index is -0.523. The van der Waals surface area contributed by atoms with Crippen LogP contribution in [0.25, 0.3) is 6.08 Å². The highest BCUT2D eigenvalue weighted by molar-refractivity contribution is 9.10. The average Bonchev–Trinajstić information content (AvgIpc) is 2.74. The first-order valence-electron chi connectivity index (χ1n) is 8.81. The van der Waals surface area contributed by atoms with Crippen LogP contribution in [-0.4, -0.2) is 5.91 Å². The van der Waals surface area contributed by atoms with Gasteiger partial charge in [-0.2, -0.15) is 5.26 Å². The van der Waals surface area contributed by atoms with Gasteiger partial charge in [0, 0.05) is 20.7 Å². The number of anilines is 1. The molecule has 0 aliphatic carbocycles. The Morgan fingerprint density at radius 2 is 1.83 bits per heavy atom. The molecule has 30 heavy (non-hydrogen) atoms. The Labute approximate surface area is 192 Å². The maximum atomic E-state index is 12.4. The van der Waals surface area contributed by atoms with Gasteiger partial charge in [-0.25, -0.2) is 0 Å². The number of nitrogens with one attached hydrogen (secondary N) is 1. The zero-order valence-corrected chi connectivity index (χ0v) is 18.6. The zero-order valence-electron chi connectivity index (χ0n) is 15.5. The van der Waals surface area contributed by atoms with Crippen molar-refractivity contribution in [3.8, 4) is 11.8 Å². The van der Waals surface area contributed by atoms with Crippen LogP contribution in [-0.2, 0) is 11.4 Å². The van der Waals surface area contributed by atoms with Gasteiger partial charge in [0.25, 0.3) is 5.91 Å². The Hall–Kier alpha value is -2.78. The topological polar surface area (TPSA) is 62.1 Å². The number of carbonyl (C=O) groups is 1. The third kappa shape index (κ3) is 5.87. The Morgan fingerprint density at radius 3 is 2.50 bits per heavy atom. The molecule has 0 saturated heterocycles. The van der Waals surface area contributed by atoms with Gasteiger partial charge >= 0.3 is 0 Å². The molecule has 1 amide bonds. The maximum Gasteiger partial charge on any atom is 0.266 e. The van der Waals surface area contributed by atoms with E-state index in [-0.39, 0.29) is 5.57 Å². The molecule has 3 aromatic carbocycles. The van der Waals surface area contributed by atoms with Gasteiger partial charge in [-0.05, 0) is 54.1 Å². The van der Waals surface area contributed by atoms with Crippen LogP contribution in [0.3, 0.4) is 0 Å². The first kappa shape index (κ1) is 21.9. The van der Waals surface area contributed by atoms with Gasteiger partial charge in [-0.15, -0.1) is 0 Å². The Balaban J connectivity index is 1.71. The molecule has 0 bridgehead atoms. The first-order chi connectivity index (χ1) is 14.5. The van der Waals surface area contributed by atoms with E-state index in [1.54, 1.807) is 42.5 Å². The zero-order chi connectivity index (χ0) is 21.5. The van der Waals surface area contributed by atoms with Crippen molar-refractivity contribution in [1.29, 1.82) is 5.26 Å². The number of hydrogen-bond acceptors (Lipinski definition) is 3. The van der Waals surface area contributed by atoms with E-state index in [0.29, 0.717) is 33.7 Å². The van der Waals surface area contributed by atoms with Crippen LogP contribution in [0.2, 0.25) is 10.0 Å². The number of rotatable bonds is 6. The van der Waals surface area contributed by atoms with E-state index in [1.807, 2.05) is 30.3 Å². The molecule has 150 valence electrons. The monoisotopic (exact) mass is 500 g/mol. The number of carbonyl (C=O) groups excluding carboxylic acids is 1. The van der Waals surface area contributed by atoms with Crippen LogP contribution in [0.4, 0.5) is 5.69 Å². The summed E-state index contributed by atoms with van der Waals surface area (Å²) in [4.78, 5) is 12.4. The standard InChI is InChI=1S/C23H15BrCl2N2O2/c24-20-4-2-1-3-16(20)14-30-22-10-5-15(12-21(22)26)11-17(13-27)23(29)28-19-8-6-18(25)7-9-19/h1-12H,14H2,(H,28,29)/b17-11+. The molecule has 0 aliphatic heterocycles. The number of nitrogens with zero attached hydrogens (tertiary/aromatic N) is 1. The van der Waals surface area contributed by atoms with Gasteiger partial charge in [0.05, 0.1) is 5.02 Å². The summed E-state index contributed by atoms with van der Waals surface area (Å²) in [6.45, 7) is 0.350. The highest BCUT2D eigenvalue weighted by Gasteiger charge is 2.11. The van der Waals surface area contributed by atoms with Crippen molar-refractivity contribution in [2.24, 2.45) is 0 Å². The van der Waals surface area contributed by atoms with Crippen LogP contribution < -0.4 is 10.1 Å². The highest BCUT2D eigenvalue weighted by Crippen LogP contribution is 2.28. The van der Waals surface area contributed by atoms with Gasteiger partial charge in [0.2, 0.25) is 0 Å². The Bertz CT molecular complexity index is 1140. The lowest BCUT2D eigenvalue weighted by atomic mass is 10.1. The molecular weight excluding hydrogens is 487 g/mol. The number of benzene rings is 3. The lowest BCUT2D eigenvalue weighted by Gasteiger charge is -2.10. The summed E-state index contributed by atoms with van der Waals surface area (Å²) in [6, 6.07) is 21.4. The van der Waals surface area contributed by atoms with E-state index < -0.39 is 5.91 Å². The maximum absolute atomic E-state index is 12.4. The van der Waals surface area contributed by atoms with E-state index in [1.165, 1.54) is 6.08 Å². The summed E-state index contributed by atoms with van der Waals surface area (Å²) >= 11 is 15.6. The van der Waals surface area contributed by atoms with Crippen molar-refractivity contribution < 1.29 is 9.53 Å². The molecule has 0 radical (unpaired) electrons. The number of halogens is 3. The third-order valence-corrected chi connectivity index (χ3v) is 5.40. The largest absolute Gasteiger partial charge is 0.487 e.